The molecule has 33 heavy (non-hydrogen) atoms. The van der Waals surface area contributed by atoms with Gasteiger partial charge in [0, 0.05) is 38.3 Å². The maximum absolute atomic E-state index is 12.8. The number of hydrogen-bond acceptors (Lipinski definition) is 5. The molecule has 1 amide bonds. The third kappa shape index (κ3) is 6.27. The molecule has 2 aromatic rings. The van der Waals surface area contributed by atoms with Crippen molar-refractivity contribution in [2.75, 3.05) is 46.0 Å². The van der Waals surface area contributed by atoms with Crippen LogP contribution in [0.4, 0.5) is 0 Å². The number of ether oxygens (including phenoxy) is 3. The highest BCUT2D eigenvalue weighted by atomic mass is 16.5. The number of nitrogens with one attached hydrogen (secondary N) is 1. The second-order valence-corrected chi connectivity index (χ2v) is 9.01. The largest absolute Gasteiger partial charge is 0.490 e. The Morgan fingerprint density at radius 1 is 1.03 bits per heavy atom. The van der Waals surface area contributed by atoms with Gasteiger partial charge in [0.15, 0.2) is 11.5 Å². The number of nitrogens with zero attached hydrogens (tertiary/aromatic N) is 1. The molecule has 0 saturated carbocycles. The van der Waals surface area contributed by atoms with Gasteiger partial charge >= 0.3 is 0 Å². The number of benzene rings is 2. The summed E-state index contributed by atoms with van der Waals surface area (Å²) in [6.45, 7) is 6.88. The molecular weight excluding hydrogens is 416 g/mol. The molecule has 2 aliphatic heterocycles. The molecule has 0 bridgehead atoms. The lowest BCUT2D eigenvalue weighted by Crippen LogP contribution is -2.48. The Hall–Kier alpha value is -2.57. The minimum Gasteiger partial charge on any atom is -0.490 e. The van der Waals surface area contributed by atoms with Crippen molar-refractivity contribution in [2.45, 2.75) is 44.1 Å². The summed E-state index contributed by atoms with van der Waals surface area (Å²) < 4.78 is 17.5. The summed E-state index contributed by atoms with van der Waals surface area (Å²) in [7, 11) is 0. The summed E-state index contributed by atoms with van der Waals surface area (Å²) in [6.07, 6.45) is 3.82. The van der Waals surface area contributed by atoms with Crippen molar-refractivity contribution in [3.8, 4) is 11.5 Å². The molecule has 2 aromatic carbocycles. The third-order valence-electron chi connectivity index (χ3n) is 6.80. The van der Waals surface area contributed by atoms with Gasteiger partial charge in [0.2, 0.25) is 5.91 Å². The van der Waals surface area contributed by atoms with E-state index >= 15 is 0 Å². The summed E-state index contributed by atoms with van der Waals surface area (Å²) in [5.74, 6) is 1.69. The Morgan fingerprint density at radius 3 is 2.39 bits per heavy atom. The maximum atomic E-state index is 12.8. The van der Waals surface area contributed by atoms with Crippen molar-refractivity contribution in [2.24, 2.45) is 0 Å². The summed E-state index contributed by atoms with van der Waals surface area (Å²) in [6, 6.07) is 18.4. The van der Waals surface area contributed by atoms with E-state index in [-0.39, 0.29) is 17.4 Å². The van der Waals surface area contributed by atoms with Gasteiger partial charge in [-0.15, -0.1) is 0 Å². The highest BCUT2D eigenvalue weighted by Crippen LogP contribution is 2.34. The zero-order chi connectivity index (χ0) is 22.9. The van der Waals surface area contributed by atoms with Crippen LogP contribution in [0, 0.1) is 0 Å². The summed E-state index contributed by atoms with van der Waals surface area (Å²) in [5.41, 5.74) is 1.25. The highest BCUT2D eigenvalue weighted by molar-refractivity contribution is 5.78. The van der Waals surface area contributed by atoms with E-state index in [2.05, 4.69) is 34.5 Å². The Kier molecular flexibility index (Phi) is 8.24. The predicted octanol–water partition coefficient (Wildman–Crippen LogP) is 3.79. The fourth-order valence-corrected chi connectivity index (χ4v) is 4.84. The number of rotatable bonds is 9. The molecule has 2 saturated heterocycles. The number of likely N-dealkylation sites (tertiary alicyclic amines) is 1. The SMILES string of the molecule is CCOc1ccccc1OC1CCN(CC(=O)NCC2(c3ccccc3)CCOCC2)CC1. The number of hydrogen-bond donors (Lipinski definition) is 1. The number of para-hydroxylation sites is 2. The second-order valence-electron chi connectivity index (χ2n) is 9.01. The average Bonchev–Trinajstić information content (AvgIpc) is 2.86. The zero-order valence-corrected chi connectivity index (χ0v) is 19.6. The lowest BCUT2D eigenvalue weighted by Gasteiger charge is -2.38. The average molecular weight is 453 g/mol. The summed E-state index contributed by atoms with van der Waals surface area (Å²) in [5, 5.41) is 3.23. The standard InChI is InChI=1S/C27H36N2O4/c1-2-32-24-10-6-7-11-25(24)33-23-12-16-29(17-13-23)20-26(30)28-21-27(14-18-31-19-15-27)22-8-4-3-5-9-22/h3-11,23H,2,12-21H2,1H3,(H,28,30). The molecule has 6 nitrogen and oxygen atoms in total. The van der Waals surface area contributed by atoms with Gasteiger partial charge in [0.25, 0.3) is 0 Å². The minimum atomic E-state index is -0.0377. The van der Waals surface area contributed by atoms with E-state index in [0.29, 0.717) is 19.7 Å². The van der Waals surface area contributed by atoms with Crippen LogP contribution in [-0.4, -0.2) is 62.9 Å². The highest BCUT2D eigenvalue weighted by Gasteiger charge is 2.35. The van der Waals surface area contributed by atoms with Crippen molar-refractivity contribution < 1.29 is 19.0 Å². The van der Waals surface area contributed by atoms with E-state index < -0.39 is 0 Å². The van der Waals surface area contributed by atoms with Gasteiger partial charge in [-0.2, -0.15) is 0 Å². The number of carbonyl (C=O) groups is 1. The van der Waals surface area contributed by atoms with Gasteiger partial charge in [-0.3, -0.25) is 9.69 Å². The van der Waals surface area contributed by atoms with Gasteiger partial charge in [-0.05, 0) is 50.3 Å². The molecule has 0 spiro atoms. The smallest absolute Gasteiger partial charge is 0.234 e. The molecule has 178 valence electrons. The number of amides is 1. The minimum absolute atomic E-state index is 0.0377. The summed E-state index contributed by atoms with van der Waals surface area (Å²) in [4.78, 5) is 15.0. The molecule has 2 heterocycles. The Labute approximate surface area is 197 Å². The molecule has 0 aliphatic carbocycles. The molecule has 1 N–H and O–H groups in total. The molecule has 6 heteroatoms. The van der Waals surface area contributed by atoms with Crippen molar-refractivity contribution in [1.82, 2.24) is 10.2 Å². The van der Waals surface area contributed by atoms with E-state index in [1.807, 2.05) is 37.3 Å². The summed E-state index contributed by atoms with van der Waals surface area (Å²) >= 11 is 0. The van der Waals surface area contributed by atoms with Gasteiger partial charge in [-0.1, -0.05) is 42.5 Å². The lowest BCUT2D eigenvalue weighted by molar-refractivity contribution is -0.123. The van der Waals surface area contributed by atoms with Gasteiger partial charge < -0.3 is 19.5 Å². The quantitative estimate of drug-likeness (QED) is 0.627. The van der Waals surface area contributed by atoms with Gasteiger partial charge in [-0.25, -0.2) is 0 Å². The molecule has 2 fully saturated rings. The lowest BCUT2D eigenvalue weighted by atomic mass is 9.74. The van der Waals surface area contributed by atoms with Crippen LogP contribution in [-0.2, 0) is 14.9 Å². The van der Waals surface area contributed by atoms with Gasteiger partial charge in [0.1, 0.15) is 6.10 Å². The monoisotopic (exact) mass is 452 g/mol. The van der Waals surface area contributed by atoms with Crippen molar-refractivity contribution in [1.29, 1.82) is 0 Å². The van der Waals surface area contributed by atoms with E-state index in [1.54, 1.807) is 0 Å². The first-order chi connectivity index (χ1) is 16.2. The first-order valence-electron chi connectivity index (χ1n) is 12.2. The Bertz CT molecular complexity index is 875. The normalized spacial score (nSPS) is 19.1. The second kappa shape index (κ2) is 11.5. The molecule has 4 rings (SSSR count). The van der Waals surface area contributed by atoms with Crippen LogP contribution in [0.3, 0.4) is 0 Å². The first-order valence-corrected chi connectivity index (χ1v) is 12.2. The molecule has 2 aliphatic rings. The van der Waals surface area contributed by atoms with E-state index in [9.17, 15) is 4.79 Å². The van der Waals surface area contributed by atoms with Crippen LogP contribution >= 0.6 is 0 Å². The van der Waals surface area contributed by atoms with Crippen molar-refractivity contribution in [3.05, 3.63) is 60.2 Å². The van der Waals surface area contributed by atoms with Crippen LogP contribution in [0.5, 0.6) is 11.5 Å². The number of piperidine rings is 1. The first kappa shape index (κ1) is 23.6. The van der Waals surface area contributed by atoms with E-state index in [0.717, 1.165) is 63.5 Å². The Morgan fingerprint density at radius 2 is 1.70 bits per heavy atom. The zero-order valence-electron chi connectivity index (χ0n) is 19.6. The van der Waals surface area contributed by atoms with Crippen LogP contribution in [0.25, 0.3) is 0 Å². The Balaban J connectivity index is 1.25. The van der Waals surface area contributed by atoms with Crippen LogP contribution in [0.1, 0.15) is 38.2 Å². The van der Waals surface area contributed by atoms with Crippen LogP contribution < -0.4 is 14.8 Å². The molecule has 0 radical (unpaired) electrons. The molecular formula is C27H36N2O4. The molecule has 0 aromatic heterocycles. The fourth-order valence-electron chi connectivity index (χ4n) is 4.84. The number of carbonyl (C=O) groups excluding carboxylic acids is 1. The molecule has 0 atom stereocenters. The topological polar surface area (TPSA) is 60.0 Å². The van der Waals surface area contributed by atoms with Crippen molar-refractivity contribution in [3.63, 3.8) is 0 Å². The maximum Gasteiger partial charge on any atom is 0.234 e. The third-order valence-corrected chi connectivity index (χ3v) is 6.80. The van der Waals surface area contributed by atoms with Crippen molar-refractivity contribution >= 4 is 5.91 Å². The van der Waals surface area contributed by atoms with E-state index in [1.165, 1.54) is 5.56 Å². The molecule has 0 unspecified atom stereocenters. The van der Waals surface area contributed by atoms with Gasteiger partial charge in [0.05, 0.1) is 13.2 Å². The predicted molar refractivity (Wildman–Crippen MR) is 129 cm³/mol. The van der Waals surface area contributed by atoms with Crippen LogP contribution in [0.2, 0.25) is 0 Å². The van der Waals surface area contributed by atoms with Crippen LogP contribution in [0.15, 0.2) is 54.6 Å². The fraction of sp³-hybridized carbons (Fsp3) is 0.519. The van der Waals surface area contributed by atoms with E-state index in [4.69, 9.17) is 14.2 Å².